The van der Waals surface area contributed by atoms with Gasteiger partial charge in [-0.25, -0.2) is 12.8 Å². The molecule has 5 nitrogen and oxygen atoms in total. The van der Waals surface area contributed by atoms with Gasteiger partial charge in [0.05, 0.1) is 4.90 Å². The van der Waals surface area contributed by atoms with Gasteiger partial charge in [-0.1, -0.05) is 6.92 Å². The highest BCUT2D eigenvalue weighted by atomic mass is 32.2. The second-order valence-corrected chi connectivity index (χ2v) is 9.08. The lowest BCUT2D eigenvalue weighted by Crippen LogP contribution is -2.46. The standard InChI is InChI=1S/C18H25FN2O3S/c1-14-6-10-20(11-7-14)18(22)15-8-12-21(13-9-15)25(23,24)17-4-2-16(19)3-5-17/h2-5,14-15H,6-13H2,1H3. The number of likely N-dealkylation sites (tertiary alicyclic amines) is 1. The van der Waals surface area contributed by atoms with E-state index in [4.69, 9.17) is 0 Å². The highest BCUT2D eigenvalue weighted by Gasteiger charge is 2.34. The molecular weight excluding hydrogens is 343 g/mol. The summed E-state index contributed by atoms with van der Waals surface area (Å²) >= 11 is 0. The first-order valence-electron chi connectivity index (χ1n) is 8.92. The molecule has 0 aromatic heterocycles. The molecule has 0 aliphatic carbocycles. The maximum Gasteiger partial charge on any atom is 0.243 e. The van der Waals surface area contributed by atoms with Crippen molar-refractivity contribution in [2.24, 2.45) is 11.8 Å². The number of rotatable bonds is 3. The van der Waals surface area contributed by atoms with Crippen LogP contribution in [-0.4, -0.2) is 49.7 Å². The predicted molar refractivity (Wildman–Crippen MR) is 92.9 cm³/mol. The summed E-state index contributed by atoms with van der Waals surface area (Å²) in [5.41, 5.74) is 0. The Balaban J connectivity index is 1.59. The van der Waals surface area contributed by atoms with Crippen molar-refractivity contribution >= 4 is 15.9 Å². The molecule has 2 aliphatic heterocycles. The minimum atomic E-state index is -3.62. The number of benzene rings is 1. The van der Waals surface area contributed by atoms with E-state index in [2.05, 4.69) is 6.92 Å². The van der Waals surface area contributed by atoms with E-state index in [0.29, 0.717) is 31.8 Å². The normalized spacial score (nSPS) is 21.4. The maximum atomic E-state index is 13.0. The number of amides is 1. The molecule has 0 radical (unpaired) electrons. The van der Waals surface area contributed by atoms with Crippen molar-refractivity contribution in [2.45, 2.75) is 37.5 Å². The topological polar surface area (TPSA) is 57.7 Å². The molecule has 1 amide bonds. The molecule has 0 atom stereocenters. The number of hydrogen-bond acceptors (Lipinski definition) is 3. The second kappa shape index (κ2) is 7.41. The molecule has 7 heteroatoms. The summed E-state index contributed by atoms with van der Waals surface area (Å²) in [6, 6.07) is 4.88. The Bertz CT molecular complexity index is 704. The minimum Gasteiger partial charge on any atom is -0.342 e. The van der Waals surface area contributed by atoms with Gasteiger partial charge < -0.3 is 4.90 Å². The van der Waals surface area contributed by atoms with Gasteiger partial charge in [-0.05, 0) is 55.9 Å². The van der Waals surface area contributed by atoms with Gasteiger partial charge in [0.15, 0.2) is 0 Å². The SMILES string of the molecule is CC1CCN(C(=O)C2CCN(S(=O)(=O)c3ccc(F)cc3)CC2)CC1. The second-order valence-electron chi connectivity index (χ2n) is 7.14. The Morgan fingerprint density at radius 3 is 2.12 bits per heavy atom. The lowest BCUT2D eigenvalue weighted by Gasteiger charge is -2.36. The third kappa shape index (κ3) is 4.03. The molecule has 1 aromatic carbocycles. The summed E-state index contributed by atoms with van der Waals surface area (Å²) < 4.78 is 39.7. The van der Waals surface area contributed by atoms with E-state index >= 15 is 0 Å². The van der Waals surface area contributed by atoms with Gasteiger partial charge in [0.2, 0.25) is 15.9 Å². The molecule has 0 bridgehead atoms. The smallest absolute Gasteiger partial charge is 0.243 e. The number of halogens is 1. The van der Waals surface area contributed by atoms with Crippen LogP contribution >= 0.6 is 0 Å². The van der Waals surface area contributed by atoms with E-state index in [1.54, 1.807) is 0 Å². The number of carbonyl (C=O) groups excluding carboxylic acids is 1. The van der Waals surface area contributed by atoms with E-state index < -0.39 is 15.8 Å². The Kier molecular flexibility index (Phi) is 5.43. The van der Waals surface area contributed by atoms with Gasteiger partial charge in [-0.15, -0.1) is 0 Å². The van der Waals surface area contributed by atoms with Gasteiger partial charge in [0.25, 0.3) is 0 Å². The van der Waals surface area contributed by atoms with Crippen LogP contribution in [0.2, 0.25) is 0 Å². The van der Waals surface area contributed by atoms with Crippen molar-refractivity contribution in [2.75, 3.05) is 26.2 Å². The van der Waals surface area contributed by atoms with Crippen molar-refractivity contribution in [3.63, 3.8) is 0 Å². The Morgan fingerprint density at radius 1 is 1.00 bits per heavy atom. The number of carbonyl (C=O) groups is 1. The van der Waals surface area contributed by atoms with Gasteiger partial charge in [-0.3, -0.25) is 4.79 Å². The maximum absolute atomic E-state index is 13.0. The zero-order chi connectivity index (χ0) is 18.0. The highest BCUT2D eigenvalue weighted by Crippen LogP contribution is 2.27. The molecule has 0 N–H and O–H groups in total. The molecule has 2 saturated heterocycles. The van der Waals surface area contributed by atoms with Crippen LogP contribution in [0.5, 0.6) is 0 Å². The van der Waals surface area contributed by atoms with Gasteiger partial charge in [0, 0.05) is 32.1 Å². The van der Waals surface area contributed by atoms with E-state index in [1.165, 1.54) is 16.4 Å². The molecule has 0 saturated carbocycles. The summed E-state index contributed by atoms with van der Waals surface area (Å²) in [6.45, 7) is 4.50. The first kappa shape index (κ1) is 18.3. The van der Waals surface area contributed by atoms with Crippen LogP contribution in [0.1, 0.15) is 32.6 Å². The fourth-order valence-electron chi connectivity index (χ4n) is 3.59. The molecule has 2 fully saturated rings. The number of hydrogen-bond donors (Lipinski definition) is 0. The largest absolute Gasteiger partial charge is 0.342 e. The van der Waals surface area contributed by atoms with Crippen molar-refractivity contribution in [1.82, 2.24) is 9.21 Å². The number of piperidine rings is 2. The van der Waals surface area contributed by atoms with Crippen molar-refractivity contribution in [3.8, 4) is 0 Å². The third-order valence-corrected chi connectivity index (χ3v) is 7.26. The average molecular weight is 368 g/mol. The van der Waals surface area contributed by atoms with E-state index in [1.807, 2.05) is 4.90 Å². The lowest BCUT2D eigenvalue weighted by atomic mass is 9.93. The van der Waals surface area contributed by atoms with Gasteiger partial charge >= 0.3 is 0 Å². The summed E-state index contributed by atoms with van der Waals surface area (Å²) in [5, 5.41) is 0. The molecular formula is C18H25FN2O3S. The summed E-state index contributed by atoms with van der Waals surface area (Å²) in [5.74, 6) is 0.296. The molecule has 3 rings (SSSR count). The van der Waals surface area contributed by atoms with Gasteiger partial charge in [-0.2, -0.15) is 4.31 Å². The van der Waals surface area contributed by atoms with Crippen LogP contribution in [-0.2, 0) is 14.8 Å². The Labute approximate surface area is 148 Å². The van der Waals surface area contributed by atoms with Crippen molar-refractivity contribution in [3.05, 3.63) is 30.1 Å². The van der Waals surface area contributed by atoms with Crippen LogP contribution in [0.4, 0.5) is 4.39 Å². The number of nitrogens with zero attached hydrogens (tertiary/aromatic N) is 2. The van der Waals surface area contributed by atoms with E-state index in [-0.39, 0.29) is 16.7 Å². The van der Waals surface area contributed by atoms with Crippen LogP contribution in [0, 0.1) is 17.7 Å². The Morgan fingerprint density at radius 2 is 1.56 bits per heavy atom. The van der Waals surface area contributed by atoms with Crippen molar-refractivity contribution in [1.29, 1.82) is 0 Å². The highest BCUT2D eigenvalue weighted by molar-refractivity contribution is 7.89. The van der Waals surface area contributed by atoms with Crippen LogP contribution in [0.3, 0.4) is 0 Å². The zero-order valence-electron chi connectivity index (χ0n) is 14.5. The van der Waals surface area contributed by atoms with E-state index in [9.17, 15) is 17.6 Å². The molecule has 25 heavy (non-hydrogen) atoms. The summed E-state index contributed by atoms with van der Waals surface area (Å²) in [4.78, 5) is 14.7. The summed E-state index contributed by atoms with van der Waals surface area (Å²) in [7, 11) is -3.62. The molecule has 1 aromatic rings. The fourth-order valence-corrected chi connectivity index (χ4v) is 5.06. The van der Waals surface area contributed by atoms with Gasteiger partial charge in [0.1, 0.15) is 5.82 Å². The van der Waals surface area contributed by atoms with Crippen LogP contribution in [0.15, 0.2) is 29.2 Å². The quantitative estimate of drug-likeness (QED) is 0.824. The Hall–Kier alpha value is -1.47. The van der Waals surface area contributed by atoms with Crippen LogP contribution < -0.4 is 0 Å². The monoisotopic (exact) mass is 368 g/mol. The fraction of sp³-hybridized carbons (Fsp3) is 0.611. The molecule has 138 valence electrons. The average Bonchev–Trinajstić information content (AvgIpc) is 2.62. The minimum absolute atomic E-state index is 0.0897. The zero-order valence-corrected chi connectivity index (χ0v) is 15.3. The van der Waals surface area contributed by atoms with E-state index in [0.717, 1.165) is 38.1 Å². The lowest BCUT2D eigenvalue weighted by molar-refractivity contribution is -0.138. The van der Waals surface area contributed by atoms with Crippen LogP contribution in [0.25, 0.3) is 0 Å². The molecule has 2 heterocycles. The molecule has 0 spiro atoms. The first-order valence-corrected chi connectivity index (χ1v) is 10.4. The molecule has 2 aliphatic rings. The van der Waals surface area contributed by atoms with Crippen molar-refractivity contribution < 1.29 is 17.6 Å². The summed E-state index contributed by atoms with van der Waals surface area (Å²) in [6.07, 6.45) is 3.18. The predicted octanol–water partition coefficient (Wildman–Crippen LogP) is 2.48. The number of sulfonamides is 1. The molecule has 0 unspecified atom stereocenters. The first-order chi connectivity index (χ1) is 11.9. The third-order valence-electron chi connectivity index (χ3n) is 5.35.